The van der Waals surface area contributed by atoms with E-state index < -0.39 is 0 Å². The molecular weight excluding hydrogens is 334 g/mol. The molecule has 0 aliphatic heterocycles. The normalized spacial score (nSPS) is 11.9. The number of hydrogen-bond acceptors (Lipinski definition) is 5. The van der Waals surface area contributed by atoms with Gasteiger partial charge in [0.05, 0.1) is 26.1 Å². The maximum absolute atomic E-state index is 5.20. The summed E-state index contributed by atoms with van der Waals surface area (Å²) in [5.41, 5.74) is 3.14. The molecule has 0 saturated carbocycles. The molecule has 5 nitrogen and oxygen atoms in total. The van der Waals surface area contributed by atoms with E-state index in [9.17, 15) is 0 Å². The molecule has 0 aliphatic carbocycles. The first-order valence-electron chi connectivity index (χ1n) is 7.71. The van der Waals surface area contributed by atoms with Crippen molar-refractivity contribution in [2.24, 2.45) is 17.3 Å². The van der Waals surface area contributed by atoms with E-state index in [2.05, 4.69) is 15.6 Å². The van der Waals surface area contributed by atoms with E-state index in [-0.39, 0.29) is 0 Å². The zero-order valence-corrected chi connectivity index (χ0v) is 15.2. The third kappa shape index (κ3) is 3.97. The van der Waals surface area contributed by atoms with Gasteiger partial charge in [-0.25, -0.2) is 0 Å². The summed E-state index contributed by atoms with van der Waals surface area (Å²) in [6, 6.07) is 15.7. The van der Waals surface area contributed by atoms with Crippen LogP contribution >= 0.6 is 11.3 Å². The summed E-state index contributed by atoms with van der Waals surface area (Å²) in [5.74, 6) is 1.64. The average Bonchev–Trinajstić information content (AvgIpc) is 3.03. The van der Waals surface area contributed by atoms with E-state index in [4.69, 9.17) is 9.47 Å². The number of aromatic nitrogens is 1. The zero-order chi connectivity index (χ0) is 17.6. The molecule has 0 amide bonds. The topological polar surface area (TPSA) is 48.1 Å². The molecule has 0 unspecified atom stereocenters. The Morgan fingerprint density at radius 3 is 2.48 bits per heavy atom. The van der Waals surface area contributed by atoms with Crippen LogP contribution in [0.2, 0.25) is 0 Å². The fraction of sp³-hybridized carbons (Fsp3) is 0.158. The quantitative estimate of drug-likeness (QED) is 0.519. The molecule has 25 heavy (non-hydrogen) atoms. The van der Waals surface area contributed by atoms with Gasteiger partial charge in [0.2, 0.25) is 4.80 Å². The first-order chi connectivity index (χ1) is 12.2. The summed E-state index contributed by atoms with van der Waals surface area (Å²) in [7, 11) is 5.29. The Kier molecular flexibility index (Phi) is 5.30. The van der Waals surface area contributed by atoms with Gasteiger partial charge >= 0.3 is 0 Å². The Morgan fingerprint density at radius 2 is 1.76 bits per heavy atom. The lowest BCUT2D eigenvalue weighted by atomic mass is 10.1. The fourth-order valence-electron chi connectivity index (χ4n) is 2.35. The summed E-state index contributed by atoms with van der Waals surface area (Å²) in [5, 5.41) is 10.6. The summed E-state index contributed by atoms with van der Waals surface area (Å²) >= 11 is 1.55. The summed E-state index contributed by atoms with van der Waals surface area (Å²) < 4.78 is 12.4. The van der Waals surface area contributed by atoms with E-state index in [1.807, 2.05) is 60.1 Å². The van der Waals surface area contributed by atoms with Crippen molar-refractivity contribution in [2.45, 2.75) is 0 Å². The Balaban J connectivity index is 1.84. The second kappa shape index (κ2) is 7.81. The van der Waals surface area contributed by atoms with Crippen LogP contribution in [0.1, 0.15) is 5.56 Å². The van der Waals surface area contributed by atoms with E-state index >= 15 is 0 Å². The molecular formula is C19H19N3O2S. The van der Waals surface area contributed by atoms with Crippen LogP contribution in [-0.2, 0) is 7.05 Å². The highest BCUT2D eigenvalue weighted by Gasteiger charge is 2.04. The van der Waals surface area contributed by atoms with Crippen LogP contribution in [-0.4, -0.2) is 25.0 Å². The van der Waals surface area contributed by atoms with E-state index in [1.165, 1.54) is 0 Å². The molecule has 3 aromatic rings. The van der Waals surface area contributed by atoms with Crippen molar-refractivity contribution in [3.8, 4) is 22.8 Å². The van der Waals surface area contributed by atoms with E-state index in [0.717, 1.165) is 33.1 Å². The summed E-state index contributed by atoms with van der Waals surface area (Å²) in [4.78, 5) is 0.824. The second-order valence-electron chi connectivity index (χ2n) is 5.31. The molecule has 6 heteroatoms. The first kappa shape index (κ1) is 17.0. The van der Waals surface area contributed by atoms with Crippen LogP contribution in [0, 0.1) is 0 Å². The minimum Gasteiger partial charge on any atom is -0.497 e. The molecule has 3 rings (SSSR count). The lowest BCUT2D eigenvalue weighted by Crippen LogP contribution is -2.10. The van der Waals surface area contributed by atoms with Gasteiger partial charge in [0.15, 0.2) is 0 Å². The number of methoxy groups -OCH3 is 2. The Labute approximate surface area is 150 Å². The van der Waals surface area contributed by atoms with E-state index in [0.29, 0.717) is 0 Å². The van der Waals surface area contributed by atoms with Crippen molar-refractivity contribution < 1.29 is 9.47 Å². The highest BCUT2D eigenvalue weighted by atomic mass is 32.1. The van der Waals surface area contributed by atoms with Gasteiger partial charge in [-0.05, 0) is 47.5 Å². The summed E-state index contributed by atoms with van der Waals surface area (Å²) in [6.45, 7) is 0. The monoisotopic (exact) mass is 353 g/mol. The van der Waals surface area contributed by atoms with Crippen molar-refractivity contribution in [1.82, 2.24) is 4.57 Å². The van der Waals surface area contributed by atoms with Crippen molar-refractivity contribution in [1.29, 1.82) is 0 Å². The van der Waals surface area contributed by atoms with Gasteiger partial charge in [0.1, 0.15) is 11.5 Å². The number of thiazole rings is 1. The number of rotatable bonds is 5. The van der Waals surface area contributed by atoms with Gasteiger partial charge in [-0.2, -0.15) is 5.10 Å². The molecule has 0 bridgehead atoms. The molecule has 0 radical (unpaired) electrons. The minimum absolute atomic E-state index is 0.799. The van der Waals surface area contributed by atoms with Gasteiger partial charge in [-0.15, -0.1) is 16.4 Å². The van der Waals surface area contributed by atoms with Crippen molar-refractivity contribution in [2.75, 3.05) is 14.2 Å². The fourth-order valence-corrected chi connectivity index (χ4v) is 3.21. The first-order valence-corrected chi connectivity index (χ1v) is 8.59. The van der Waals surface area contributed by atoms with Crippen molar-refractivity contribution in [3.63, 3.8) is 0 Å². The number of nitrogens with zero attached hydrogens (tertiary/aromatic N) is 3. The molecule has 0 atom stereocenters. The number of benzene rings is 2. The number of ether oxygens (including phenoxy) is 2. The van der Waals surface area contributed by atoms with Gasteiger partial charge in [0, 0.05) is 12.4 Å². The molecule has 0 N–H and O–H groups in total. The second-order valence-corrected chi connectivity index (χ2v) is 6.15. The molecule has 2 aromatic carbocycles. The SMILES string of the molecule is COc1ccc(-c2cs/c(=N/N=C/c3cccc(OC)c3)n2C)cc1. The predicted molar refractivity (Wildman–Crippen MR) is 101 cm³/mol. The van der Waals surface area contributed by atoms with Crippen LogP contribution in [0.25, 0.3) is 11.3 Å². The highest BCUT2D eigenvalue weighted by Crippen LogP contribution is 2.22. The van der Waals surface area contributed by atoms with Gasteiger partial charge < -0.3 is 14.0 Å². The summed E-state index contributed by atoms with van der Waals surface area (Å²) in [6.07, 6.45) is 1.72. The Bertz CT molecular complexity index is 940. The van der Waals surface area contributed by atoms with Crippen LogP contribution in [0.5, 0.6) is 11.5 Å². The molecule has 1 aromatic heterocycles. The minimum atomic E-state index is 0.799. The van der Waals surface area contributed by atoms with Crippen LogP contribution in [0.4, 0.5) is 0 Å². The maximum Gasteiger partial charge on any atom is 0.210 e. The van der Waals surface area contributed by atoms with Gasteiger partial charge in [-0.1, -0.05) is 12.1 Å². The third-order valence-corrected chi connectivity index (χ3v) is 4.66. The zero-order valence-electron chi connectivity index (χ0n) is 14.3. The Hall–Kier alpha value is -2.86. The largest absolute Gasteiger partial charge is 0.497 e. The van der Waals surface area contributed by atoms with Crippen LogP contribution in [0.3, 0.4) is 0 Å². The van der Waals surface area contributed by atoms with Gasteiger partial charge in [0.25, 0.3) is 0 Å². The van der Waals surface area contributed by atoms with Gasteiger partial charge in [-0.3, -0.25) is 0 Å². The lowest BCUT2D eigenvalue weighted by Gasteiger charge is -2.04. The lowest BCUT2D eigenvalue weighted by molar-refractivity contribution is 0.414. The van der Waals surface area contributed by atoms with Crippen LogP contribution < -0.4 is 14.3 Å². The Morgan fingerprint density at radius 1 is 1.00 bits per heavy atom. The molecule has 0 fully saturated rings. The third-order valence-electron chi connectivity index (χ3n) is 3.75. The maximum atomic E-state index is 5.20. The predicted octanol–water partition coefficient (Wildman–Crippen LogP) is 3.71. The molecule has 0 aliphatic rings. The van der Waals surface area contributed by atoms with Crippen LogP contribution in [0.15, 0.2) is 64.1 Å². The highest BCUT2D eigenvalue weighted by molar-refractivity contribution is 7.07. The molecule has 1 heterocycles. The average molecular weight is 353 g/mol. The molecule has 0 spiro atoms. The smallest absolute Gasteiger partial charge is 0.210 e. The van der Waals surface area contributed by atoms with E-state index in [1.54, 1.807) is 31.8 Å². The van der Waals surface area contributed by atoms with Crippen molar-refractivity contribution in [3.05, 3.63) is 64.3 Å². The standard InChI is InChI=1S/C19H19N3O2S/c1-22-18(15-7-9-16(23-2)10-8-15)13-25-19(22)21-20-12-14-5-4-6-17(11-14)24-3/h4-13H,1-3H3/b20-12+,21-19+. The molecule has 0 saturated heterocycles. The molecule has 128 valence electrons. The number of hydrogen-bond donors (Lipinski definition) is 0. The van der Waals surface area contributed by atoms with Crippen molar-refractivity contribution >= 4 is 17.6 Å².